The fourth-order valence-corrected chi connectivity index (χ4v) is 3.14. The molecule has 0 saturated heterocycles. The van der Waals surface area contributed by atoms with Crippen molar-refractivity contribution in [2.45, 2.75) is 25.3 Å². The zero-order valence-electron chi connectivity index (χ0n) is 9.87. The van der Waals surface area contributed by atoms with Crippen molar-refractivity contribution in [3.8, 4) is 0 Å². The number of nitrogens with two attached hydrogens (primary N) is 1. The third kappa shape index (κ3) is 2.67. The van der Waals surface area contributed by atoms with E-state index in [2.05, 4.69) is 9.88 Å². The molecule has 3 nitrogen and oxygen atoms in total. The van der Waals surface area contributed by atoms with Crippen LogP contribution < -0.4 is 10.6 Å². The Morgan fingerprint density at radius 1 is 1.47 bits per heavy atom. The van der Waals surface area contributed by atoms with E-state index in [0.29, 0.717) is 22.0 Å². The van der Waals surface area contributed by atoms with Gasteiger partial charge in [0.05, 0.1) is 10.0 Å². The lowest BCUT2D eigenvalue weighted by Crippen LogP contribution is -2.38. The van der Waals surface area contributed by atoms with Crippen LogP contribution in [0.5, 0.6) is 0 Å². The van der Waals surface area contributed by atoms with E-state index in [1.54, 1.807) is 12.3 Å². The standard InChI is InChI=1S/C12H17Cl2N3/c1-17(11-4-2-3-8(11)6-15)12-10(14)5-9(13)7-16-12/h5,7-8,11H,2-4,6,15H2,1H3. The van der Waals surface area contributed by atoms with Crippen LogP contribution in [0.15, 0.2) is 12.3 Å². The monoisotopic (exact) mass is 273 g/mol. The van der Waals surface area contributed by atoms with Crippen molar-refractivity contribution in [2.24, 2.45) is 11.7 Å². The van der Waals surface area contributed by atoms with Crippen LogP contribution in [-0.2, 0) is 0 Å². The fourth-order valence-electron chi connectivity index (χ4n) is 2.63. The summed E-state index contributed by atoms with van der Waals surface area (Å²) in [5.41, 5.74) is 5.80. The second kappa shape index (κ2) is 5.42. The molecule has 0 radical (unpaired) electrons. The van der Waals surface area contributed by atoms with E-state index in [1.807, 2.05) is 7.05 Å². The molecule has 0 aliphatic heterocycles. The fraction of sp³-hybridized carbons (Fsp3) is 0.583. The molecular formula is C12H17Cl2N3. The van der Waals surface area contributed by atoms with E-state index in [0.717, 1.165) is 18.8 Å². The summed E-state index contributed by atoms with van der Waals surface area (Å²) >= 11 is 12.0. The second-order valence-electron chi connectivity index (χ2n) is 4.56. The van der Waals surface area contributed by atoms with Gasteiger partial charge < -0.3 is 10.6 Å². The van der Waals surface area contributed by atoms with E-state index >= 15 is 0 Å². The molecule has 1 aliphatic rings. The average Bonchev–Trinajstić information content (AvgIpc) is 2.76. The van der Waals surface area contributed by atoms with Gasteiger partial charge in [-0.1, -0.05) is 29.6 Å². The molecule has 17 heavy (non-hydrogen) atoms. The summed E-state index contributed by atoms with van der Waals surface area (Å²) in [6, 6.07) is 2.17. The first-order valence-corrected chi connectivity index (χ1v) is 6.63. The Bertz CT molecular complexity index is 397. The van der Waals surface area contributed by atoms with E-state index in [9.17, 15) is 0 Å². The normalized spacial score (nSPS) is 24.0. The van der Waals surface area contributed by atoms with Crippen LogP contribution in [0.2, 0.25) is 10.0 Å². The molecule has 0 aromatic carbocycles. The number of aromatic nitrogens is 1. The molecule has 2 N–H and O–H groups in total. The zero-order chi connectivity index (χ0) is 12.4. The number of hydrogen-bond acceptors (Lipinski definition) is 3. The highest BCUT2D eigenvalue weighted by Crippen LogP contribution is 2.34. The molecule has 0 amide bonds. The van der Waals surface area contributed by atoms with Crippen LogP contribution in [0.3, 0.4) is 0 Å². The minimum atomic E-state index is 0.436. The Morgan fingerprint density at radius 2 is 2.24 bits per heavy atom. The van der Waals surface area contributed by atoms with Gasteiger partial charge >= 0.3 is 0 Å². The molecule has 1 aromatic heterocycles. The van der Waals surface area contributed by atoms with Crippen molar-refractivity contribution in [3.63, 3.8) is 0 Å². The quantitative estimate of drug-likeness (QED) is 0.921. The summed E-state index contributed by atoms with van der Waals surface area (Å²) in [5, 5.41) is 1.16. The second-order valence-corrected chi connectivity index (χ2v) is 5.41. The summed E-state index contributed by atoms with van der Waals surface area (Å²) in [6.07, 6.45) is 5.20. The molecular weight excluding hydrogens is 257 g/mol. The summed E-state index contributed by atoms with van der Waals surface area (Å²) in [4.78, 5) is 6.45. The molecule has 0 bridgehead atoms. The SMILES string of the molecule is CN(c1ncc(Cl)cc1Cl)C1CCCC1CN. The highest BCUT2D eigenvalue weighted by atomic mass is 35.5. The van der Waals surface area contributed by atoms with Crippen LogP contribution in [0.1, 0.15) is 19.3 Å². The van der Waals surface area contributed by atoms with Gasteiger partial charge in [-0.2, -0.15) is 0 Å². The van der Waals surface area contributed by atoms with Crippen molar-refractivity contribution in [1.82, 2.24) is 4.98 Å². The predicted octanol–water partition coefficient (Wildman–Crippen LogP) is 2.95. The number of nitrogens with zero attached hydrogens (tertiary/aromatic N) is 2. The molecule has 1 heterocycles. The molecule has 1 fully saturated rings. The number of halogens is 2. The molecule has 5 heteroatoms. The predicted molar refractivity (Wildman–Crippen MR) is 72.8 cm³/mol. The number of anilines is 1. The van der Waals surface area contributed by atoms with Crippen molar-refractivity contribution in [2.75, 3.05) is 18.5 Å². The van der Waals surface area contributed by atoms with Gasteiger partial charge in [-0.05, 0) is 31.4 Å². The first kappa shape index (κ1) is 12.9. The summed E-state index contributed by atoms with van der Waals surface area (Å²) < 4.78 is 0. The third-order valence-corrected chi connectivity index (χ3v) is 4.03. The number of hydrogen-bond donors (Lipinski definition) is 1. The highest BCUT2D eigenvalue weighted by Gasteiger charge is 2.30. The lowest BCUT2D eigenvalue weighted by Gasteiger charge is -2.30. The summed E-state index contributed by atoms with van der Waals surface area (Å²) in [6.45, 7) is 0.722. The molecule has 2 unspecified atom stereocenters. The van der Waals surface area contributed by atoms with Gasteiger partial charge in [0.2, 0.25) is 0 Å². The topological polar surface area (TPSA) is 42.2 Å². The van der Waals surface area contributed by atoms with E-state index < -0.39 is 0 Å². The van der Waals surface area contributed by atoms with Crippen LogP contribution in [0, 0.1) is 5.92 Å². The van der Waals surface area contributed by atoms with Crippen molar-refractivity contribution >= 4 is 29.0 Å². The molecule has 1 aliphatic carbocycles. The van der Waals surface area contributed by atoms with Crippen molar-refractivity contribution in [1.29, 1.82) is 0 Å². The van der Waals surface area contributed by atoms with E-state index in [-0.39, 0.29) is 0 Å². The minimum absolute atomic E-state index is 0.436. The maximum atomic E-state index is 6.17. The Morgan fingerprint density at radius 3 is 2.88 bits per heavy atom. The molecule has 1 aromatic rings. The smallest absolute Gasteiger partial charge is 0.147 e. The molecule has 1 saturated carbocycles. The van der Waals surface area contributed by atoms with Crippen LogP contribution >= 0.6 is 23.2 Å². The van der Waals surface area contributed by atoms with Crippen molar-refractivity contribution < 1.29 is 0 Å². The maximum absolute atomic E-state index is 6.17. The van der Waals surface area contributed by atoms with Gasteiger partial charge in [-0.25, -0.2) is 4.98 Å². The van der Waals surface area contributed by atoms with Gasteiger partial charge in [0, 0.05) is 19.3 Å². The zero-order valence-corrected chi connectivity index (χ0v) is 11.4. The Labute approximate surface area is 112 Å². The number of rotatable bonds is 3. The van der Waals surface area contributed by atoms with Gasteiger partial charge in [0.1, 0.15) is 5.82 Å². The summed E-state index contributed by atoms with van der Waals surface area (Å²) in [7, 11) is 2.03. The van der Waals surface area contributed by atoms with E-state index in [4.69, 9.17) is 28.9 Å². The first-order valence-electron chi connectivity index (χ1n) is 5.87. The largest absolute Gasteiger partial charge is 0.355 e. The van der Waals surface area contributed by atoms with Gasteiger partial charge in [0.15, 0.2) is 0 Å². The van der Waals surface area contributed by atoms with Crippen LogP contribution in [0.4, 0.5) is 5.82 Å². The Hall–Kier alpha value is -0.510. The molecule has 2 rings (SSSR count). The average molecular weight is 274 g/mol. The lowest BCUT2D eigenvalue weighted by molar-refractivity contribution is 0.472. The van der Waals surface area contributed by atoms with Crippen LogP contribution in [-0.4, -0.2) is 24.6 Å². The molecule has 94 valence electrons. The molecule has 2 atom stereocenters. The van der Waals surface area contributed by atoms with E-state index in [1.165, 1.54) is 12.8 Å². The molecule has 0 spiro atoms. The van der Waals surface area contributed by atoms with Gasteiger partial charge in [-0.3, -0.25) is 0 Å². The van der Waals surface area contributed by atoms with Gasteiger partial charge in [0.25, 0.3) is 0 Å². The maximum Gasteiger partial charge on any atom is 0.147 e. The van der Waals surface area contributed by atoms with Crippen LogP contribution in [0.25, 0.3) is 0 Å². The highest BCUT2D eigenvalue weighted by molar-refractivity contribution is 6.36. The lowest BCUT2D eigenvalue weighted by atomic mass is 10.0. The van der Waals surface area contributed by atoms with Gasteiger partial charge in [-0.15, -0.1) is 0 Å². The Balaban J connectivity index is 2.21. The Kier molecular flexibility index (Phi) is 4.13. The van der Waals surface area contributed by atoms with Crippen molar-refractivity contribution in [3.05, 3.63) is 22.3 Å². The minimum Gasteiger partial charge on any atom is -0.355 e. The third-order valence-electron chi connectivity index (χ3n) is 3.54. The first-order chi connectivity index (χ1) is 8.13. The summed E-state index contributed by atoms with van der Waals surface area (Å²) in [5.74, 6) is 1.33. The number of pyridine rings is 1.